The fourth-order valence-corrected chi connectivity index (χ4v) is 2.88. The number of carbonyl (C=O) groups is 1. The van der Waals surface area contributed by atoms with Gasteiger partial charge in [0.2, 0.25) is 0 Å². The lowest BCUT2D eigenvalue weighted by Crippen LogP contribution is -2.47. The van der Waals surface area contributed by atoms with Crippen molar-refractivity contribution in [2.75, 3.05) is 33.2 Å². The van der Waals surface area contributed by atoms with Gasteiger partial charge in [0.1, 0.15) is 0 Å². The molecule has 2 aromatic carbocycles. The number of benzene rings is 2. The minimum atomic E-state index is 0.103. The Hall–Kier alpha value is -1.58. The summed E-state index contributed by atoms with van der Waals surface area (Å²) in [6.07, 6.45) is 0. The quantitative estimate of drug-likeness (QED) is 0.805. The first-order valence-corrected chi connectivity index (χ1v) is 7.19. The molecule has 0 bridgehead atoms. The summed E-state index contributed by atoms with van der Waals surface area (Å²) in [5, 5.41) is 2.56. The number of piperazine rings is 1. The monoisotopic (exact) mass is 288 g/mol. The van der Waals surface area contributed by atoms with Gasteiger partial charge in [-0.3, -0.25) is 4.79 Å². The molecule has 1 fully saturated rings. The molecule has 1 saturated heterocycles. The summed E-state index contributed by atoms with van der Waals surface area (Å²) < 4.78 is 0. The van der Waals surface area contributed by atoms with Gasteiger partial charge in [0.05, 0.1) is 0 Å². The molecule has 1 aliphatic rings. The van der Waals surface area contributed by atoms with Crippen molar-refractivity contribution < 1.29 is 4.79 Å². The first-order valence-electron chi connectivity index (χ1n) is 6.82. The molecule has 3 rings (SSSR count). The van der Waals surface area contributed by atoms with Crippen LogP contribution in [0.1, 0.15) is 10.4 Å². The van der Waals surface area contributed by atoms with E-state index in [1.54, 1.807) is 0 Å². The van der Waals surface area contributed by atoms with Crippen molar-refractivity contribution in [3.05, 3.63) is 47.0 Å². The molecule has 1 amide bonds. The lowest BCUT2D eigenvalue weighted by molar-refractivity contribution is 0.0666. The van der Waals surface area contributed by atoms with Crippen molar-refractivity contribution in [1.82, 2.24) is 9.80 Å². The lowest BCUT2D eigenvalue weighted by Gasteiger charge is -2.32. The number of hydrogen-bond acceptors (Lipinski definition) is 2. The van der Waals surface area contributed by atoms with Crippen LogP contribution in [0.4, 0.5) is 0 Å². The van der Waals surface area contributed by atoms with Gasteiger partial charge in [-0.1, -0.05) is 35.9 Å². The molecule has 0 atom stereocenters. The number of amides is 1. The van der Waals surface area contributed by atoms with Crippen molar-refractivity contribution in [2.24, 2.45) is 0 Å². The van der Waals surface area contributed by atoms with Crippen molar-refractivity contribution in [1.29, 1.82) is 0 Å². The van der Waals surface area contributed by atoms with E-state index >= 15 is 0 Å². The van der Waals surface area contributed by atoms with Crippen molar-refractivity contribution in [2.45, 2.75) is 0 Å². The van der Waals surface area contributed by atoms with E-state index in [1.807, 2.05) is 41.3 Å². The minimum Gasteiger partial charge on any atom is -0.336 e. The SMILES string of the molecule is CN1CCN(C(=O)c2cccc3c(Cl)cccc23)CC1. The highest BCUT2D eigenvalue weighted by Gasteiger charge is 2.21. The van der Waals surface area contributed by atoms with Crippen molar-refractivity contribution >= 4 is 28.3 Å². The molecule has 104 valence electrons. The molecule has 0 radical (unpaired) electrons. The predicted octanol–water partition coefficient (Wildman–Crippen LogP) is 2.88. The van der Waals surface area contributed by atoms with Crippen LogP contribution in [-0.2, 0) is 0 Å². The minimum absolute atomic E-state index is 0.103. The summed E-state index contributed by atoms with van der Waals surface area (Å²) in [5.74, 6) is 0.103. The van der Waals surface area contributed by atoms with E-state index in [4.69, 9.17) is 11.6 Å². The zero-order valence-electron chi connectivity index (χ0n) is 11.5. The summed E-state index contributed by atoms with van der Waals surface area (Å²) in [6, 6.07) is 11.5. The number of halogens is 1. The topological polar surface area (TPSA) is 23.6 Å². The highest BCUT2D eigenvalue weighted by atomic mass is 35.5. The molecule has 3 nitrogen and oxygen atoms in total. The molecular weight excluding hydrogens is 272 g/mol. The molecule has 2 aromatic rings. The summed E-state index contributed by atoms with van der Waals surface area (Å²) in [7, 11) is 2.08. The molecule has 0 unspecified atom stereocenters. The number of fused-ring (bicyclic) bond motifs is 1. The van der Waals surface area contributed by atoms with Gasteiger partial charge in [-0.05, 0) is 24.6 Å². The van der Waals surface area contributed by atoms with Gasteiger partial charge >= 0.3 is 0 Å². The van der Waals surface area contributed by atoms with Crippen LogP contribution in [0, 0.1) is 0 Å². The van der Waals surface area contributed by atoms with Crippen LogP contribution in [0.15, 0.2) is 36.4 Å². The first kappa shape index (κ1) is 13.4. The van der Waals surface area contributed by atoms with E-state index in [1.165, 1.54) is 0 Å². The molecule has 0 spiro atoms. The van der Waals surface area contributed by atoms with Crippen molar-refractivity contribution in [3.8, 4) is 0 Å². The Bertz CT molecular complexity index is 648. The smallest absolute Gasteiger partial charge is 0.254 e. The Kier molecular flexibility index (Phi) is 3.64. The molecule has 0 aromatic heterocycles. The number of nitrogens with zero attached hydrogens (tertiary/aromatic N) is 2. The standard InChI is InChI=1S/C16H17ClN2O/c1-18-8-10-19(11-9-18)16(20)14-6-2-5-13-12(14)4-3-7-15(13)17/h2-7H,8-11H2,1H3. The zero-order chi connectivity index (χ0) is 14.1. The Morgan fingerprint density at radius 1 is 1.00 bits per heavy atom. The fourth-order valence-electron chi connectivity index (χ4n) is 2.64. The molecule has 0 saturated carbocycles. The zero-order valence-corrected chi connectivity index (χ0v) is 12.2. The second-order valence-corrected chi connectivity index (χ2v) is 5.64. The number of likely N-dealkylation sites (N-methyl/N-ethyl adjacent to an activating group) is 1. The molecule has 1 aliphatic heterocycles. The van der Waals surface area contributed by atoms with Gasteiger partial charge in [0, 0.05) is 42.2 Å². The van der Waals surface area contributed by atoms with Gasteiger partial charge in [0.25, 0.3) is 5.91 Å². The summed E-state index contributed by atoms with van der Waals surface area (Å²) in [4.78, 5) is 16.9. The average molecular weight is 289 g/mol. The van der Waals surface area contributed by atoms with Gasteiger partial charge in [-0.15, -0.1) is 0 Å². The van der Waals surface area contributed by atoms with Crippen LogP contribution in [0.3, 0.4) is 0 Å². The summed E-state index contributed by atoms with van der Waals surface area (Å²) in [6.45, 7) is 3.42. The Morgan fingerprint density at radius 3 is 2.40 bits per heavy atom. The maximum absolute atomic E-state index is 12.7. The Balaban J connectivity index is 1.98. The van der Waals surface area contributed by atoms with E-state index in [-0.39, 0.29) is 5.91 Å². The van der Waals surface area contributed by atoms with E-state index in [0.29, 0.717) is 5.02 Å². The largest absolute Gasteiger partial charge is 0.336 e. The van der Waals surface area contributed by atoms with E-state index in [9.17, 15) is 4.79 Å². The second kappa shape index (κ2) is 5.43. The van der Waals surface area contributed by atoms with Crippen LogP contribution in [-0.4, -0.2) is 48.9 Å². The highest BCUT2D eigenvalue weighted by molar-refractivity contribution is 6.36. The normalized spacial score (nSPS) is 16.6. The van der Waals surface area contributed by atoms with Crippen LogP contribution >= 0.6 is 11.6 Å². The average Bonchev–Trinajstić information content (AvgIpc) is 2.47. The van der Waals surface area contributed by atoms with Gasteiger partial charge < -0.3 is 9.80 Å². The van der Waals surface area contributed by atoms with Crippen LogP contribution in [0.5, 0.6) is 0 Å². The first-order chi connectivity index (χ1) is 9.66. The van der Waals surface area contributed by atoms with Crippen LogP contribution in [0.2, 0.25) is 5.02 Å². The molecule has 1 heterocycles. The third-order valence-corrected chi connectivity index (χ3v) is 4.22. The molecule has 4 heteroatoms. The maximum atomic E-state index is 12.7. The lowest BCUT2D eigenvalue weighted by atomic mass is 10.0. The number of hydrogen-bond donors (Lipinski definition) is 0. The number of carbonyl (C=O) groups excluding carboxylic acids is 1. The van der Waals surface area contributed by atoms with Gasteiger partial charge in [0.15, 0.2) is 0 Å². The van der Waals surface area contributed by atoms with Gasteiger partial charge in [-0.25, -0.2) is 0 Å². The third-order valence-electron chi connectivity index (χ3n) is 3.89. The van der Waals surface area contributed by atoms with E-state index in [2.05, 4.69) is 11.9 Å². The highest BCUT2D eigenvalue weighted by Crippen LogP contribution is 2.26. The molecule has 20 heavy (non-hydrogen) atoms. The summed E-state index contributed by atoms with van der Waals surface area (Å²) in [5.41, 5.74) is 0.745. The van der Waals surface area contributed by atoms with Crippen LogP contribution in [0.25, 0.3) is 10.8 Å². The molecular formula is C16H17ClN2O. The van der Waals surface area contributed by atoms with E-state index in [0.717, 1.165) is 42.5 Å². The van der Waals surface area contributed by atoms with Crippen molar-refractivity contribution in [3.63, 3.8) is 0 Å². The third kappa shape index (κ3) is 2.39. The number of rotatable bonds is 1. The predicted molar refractivity (Wildman–Crippen MR) is 82.4 cm³/mol. The Morgan fingerprint density at radius 2 is 1.65 bits per heavy atom. The van der Waals surface area contributed by atoms with E-state index < -0.39 is 0 Å². The second-order valence-electron chi connectivity index (χ2n) is 5.24. The van der Waals surface area contributed by atoms with Gasteiger partial charge in [-0.2, -0.15) is 0 Å². The maximum Gasteiger partial charge on any atom is 0.254 e. The van der Waals surface area contributed by atoms with Crippen LogP contribution < -0.4 is 0 Å². The summed E-state index contributed by atoms with van der Waals surface area (Å²) >= 11 is 6.21. The molecule has 0 aliphatic carbocycles. The Labute approximate surface area is 123 Å². The molecule has 0 N–H and O–H groups in total. The fraction of sp³-hybridized carbons (Fsp3) is 0.312.